The van der Waals surface area contributed by atoms with Crippen molar-refractivity contribution in [1.82, 2.24) is 20.1 Å². The number of carboxylic acid groups (broad SMARTS) is 1. The van der Waals surface area contributed by atoms with E-state index in [0.29, 0.717) is 29.8 Å². The Balaban J connectivity index is 1.54. The molecule has 0 unspecified atom stereocenters. The highest BCUT2D eigenvalue weighted by Gasteiger charge is 2.28. The van der Waals surface area contributed by atoms with E-state index < -0.39 is 5.97 Å². The van der Waals surface area contributed by atoms with Crippen LogP contribution in [0.15, 0.2) is 41.2 Å². The van der Waals surface area contributed by atoms with Crippen LogP contribution in [0.2, 0.25) is 0 Å². The van der Waals surface area contributed by atoms with E-state index in [1.54, 1.807) is 12.3 Å². The van der Waals surface area contributed by atoms with Gasteiger partial charge in [-0.05, 0) is 31.0 Å². The fourth-order valence-electron chi connectivity index (χ4n) is 2.66. The van der Waals surface area contributed by atoms with Crippen molar-refractivity contribution in [2.45, 2.75) is 25.3 Å². The average Bonchev–Trinajstić information content (AvgIpc) is 3.41. The third-order valence-corrected chi connectivity index (χ3v) is 4.21. The zero-order valence-electron chi connectivity index (χ0n) is 14.2. The summed E-state index contributed by atoms with van der Waals surface area (Å²) in [6, 6.07) is 6.62. The number of pyridine rings is 1. The molecule has 1 aliphatic rings. The third-order valence-electron chi connectivity index (χ3n) is 4.21. The highest BCUT2D eigenvalue weighted by molar-refractivity contribution is 5.88. The predicted octanol–water partition coefficient (Wildman–Crippen LogP) is 2.74. The van der Waals surface area contributed by atoms with E-state index in [4.69, 9.17) is 9.63 Å². The van der Waals surface area contributed by atoms with Gasteiger partial charge in [0.1, 0.15) is 11.5 Å². The van der Waals surface area contributed by atoms with Crippen LogP contribution in [0.1, 0.15) is 40.6 Å². The molecular weight excluding hydrogens is 334 g/mol. The summed E-state index contributed by atoms with van der Waals surface area (Å²) in [5, 5.41) is 13.2. The van der Waals surface area contributed by atoms with Crippen LogP contribution < -0.4 is 4.90 Å². The van der Waals surface area contributed by atoms with E-state index in [0.717, 1.165) is 24.3 Å². The van der Waals surface area contributed by atoms with Gasteiger partial charge in [-0.15, -0.1) is 0 Å². The van der Waals surface area contributed by atoms with Crippen molar-refractivity contribution in [3.8, 4) is 11.4 Å². The molecule has 0 aromatic carbocycles. The lowest BCUT2D eigenvalue weighted by Crippen LogP contribution is -2.19. The molecule has 3 aromatic rings. The summed E-state index contributed by atoms with van der Waals surface area (Å²) in [7, 11) is 1.87. The fourth-order valence-corrected chi connectivity index (χ4v) is 2.66. The number of rotatable bonds is 6. The molecule has 26 heavy (non-hydrogen) atoms. The summed E-state index contributed by atoms with van der Waals surface area (Å²) in [4.78, 5) is 26.0. The molecule has 8 nitrogen and oxygen atoms in total. The predicted molar refractivity (Wildman–Crippen MR) is 92.8 cm³/mol. The minimum Gasteiger partial charge on any atom is -0.478 e. The number of aromatic carboxylic acids is 1. The van der Waals surface area contributed by atoms with Crippen LogP contribution in [0, 0.1) is 0 Å². The summed E-state index contributed by atoms with van der Waals surface area (Å²) in [5.41, 5.74) is 2.04. The van der Waals surface area contributed by atoms with Gasteiger partial charge in [0.2, 0.25) is 5.95 Å². The SMILES string of the molecule is CN(Cc1cc(C2CC2)on1)c1nccc(-c2cc(C(=O)O)ccn2)n1. The summed E-state index contributed by atoms with van der Waals surface area (Å²) in [6.07, 6.45) is 5.41. The van der Waals surface area contributed by atoms with Gasteiger partial charge in [0.15, 0.2) is 0 Å². The van der Waals surface area contributed by atoms with E-state index >= 15 is 0 Å². The second-order valence-corrected chi connectivity index (χ2v) is 6.33. The first-order chi connectivity index (χ1) is 12.6. The second-order valence-electron chi connectivity index (χ2n) is 6.33. The summed E-state index contributed by atoms with van der Waals surface area (Å²) in [6.45, 7) is 0.516. The molecule has 132 valence electrons. The monoisotopic (exact) mass is 351 g/mol. The molecule has 0 radical (unpaired) electrons. The van der Waals surface area contributed by atoms with E-state index in [2.05, 4.69) is 20.1 Å². The Bertz CT molecular complexity index is 951. The Morgan fingerprint density at radius 3 is 2.81 bits per heavy atom. The first kappa shape index (κ1) is 16.2. The van der Waals surface area contributed by atoms with Gasteiger partial charge in [-0.2, -0.15) is 0 Å². The normalized spacial score (nSPS) is 13.6. The Labute approximate surface area is 149 Å². The molecule has 3 aromatic heterocycles. The molecule has 8 heteroatoms. The van der Waals surface area contributed by atoms with Crippen LogP contribution in [-0.2, 0) is 6.54 Å². The van der Waals surface area contributed by atoms with Crippen LogP contribution in [0.4, 0.5) is 5.95 Å². The van der Waals surface area contributed by atoms with Crippen LogP contribution in [-0.4, -0.2) is 38.2 Å². The van der Waals surface area contributed by atoms with Gasteiger partial charge in [0, 0.05) is 31.4 Å². The molecule has 4 rings (SSSR count). The Morgan fingerprint density at radius 2 is 2.04 bits per heavy atom. The zero-order valence-corrected chi connectivity index (χ0v) is 14.2. The van der Waals surface area contributed by atoms with Crippen molar-refractivity contribution in [2.75, 3.05) is 11.9 Å². The largest absolute Gasteiger partial charge is 0.478 e. The molecule has 0 atom stereocenters. The van der Waals surface area contributed by atoms with Gasteiger partial charge >= 0.3 is 5.97 Å². The maximum Gasteiger partial charge on any atom is 0.335 e. The van der Waals surface area contributed by atoms with Crippen molar-refractivity contribution in [2.24, 2.45) is 0 Å². The van der Waals surface area contributed by atoms with Crippen molar-refractivity contribution in [1.29, 1.82) is 0 Å². The molecule has 0 amide bonds. The minimum atomic E-state index is -1.00. The molecular formula is C18H17N5O3. The first-order valence-corrected chi connectivity index (χ1v) is 8.29. The van der Waals surface area contributed by atoms with Crippen LogP contribution in [0.25, 0.3) is 11.4 Å². The Hall–Kier alpha value is -3.29. The van der Waals surface area contributed by atoms with Crippen LogP contribution >= 0.6 is 0 Å². The van der Waals surface area contributed by atoms with Gasteiger partial charge in [-0.3, -0.25) is 4.98 Å². The molecule has 1 fully saturated rings. The van der Waals surface area contributed by atoms with Gasteiger partial charge in [0.25, 0.3) is 0 Å². The van der Waals surface area contributed by atoms with Gasteiger partial charge in [-0.25, -0.2) is 14.8 Å². The minimum absolute atomic E-state index is 0.165. The lowest BCUT2D eigenvalue weighted by Gasteiger charge is -2.15. The second kappa shape index (κ2) is 6.55. The number of hydrogen-bond acceptors (Lipinski definition) is 7. The topological polar surface area (TPSA) is 105 Å². The van der Waals surface area contributed by atoms with Crippen molar-refractivity contribution in [3.63, 3.8) is 0 Å². The molecule has 0 spiro atoms. The standard InChI is InChI=1S/C18H17N5O3/c1-23(10-13-9-16(26-22-13)11-2-3-11)18-20-7-5-14(21-18)15-8-12(17(24)25)4-6-19-15/h4-9,11H,2-3,10H2,1H3,(H,24,25). The number of carboxylic acids is 1. The maximum absolute atomic E-state index is 11.1. The third kappa shape index (κ3) is 3.39. The quantitative estimate of drug-likeness (QED) is 0.723. The Morgan fingerprint density at radius 1 is 1.23 bits per heavy atom. The van der Waals surface area contributed by atoms with Crippen molar-refractivity contribution >= 4 is 11.9 Å². The lowest BCUT2D eigenvalue weighted by atomic mass is 10.2. The van der Waals surface area contributed by atoms with E-state index in [-0.39, 0.29) is 5.56 Å². The molecule has 0 saturated heterocycles. The van der Waals surface area contributed by atoms with Crippen LogP contribution in [0.3, 0.4) is 0 Å². The smallest absolute Gasteiger partial charge is 0.335 e. The highest BCUT2D eigenvalue weighted by atomic mass is 16.5. The molecule has 0 aliphatic heterocycles. The van der Waals surface area contributed by atoms with Gasteiger partial charge in [0.05, 0.1) is 23.5 Å². The molecule has 1 N–H and O–H groups in total. The van der Waals surface area contributed by atoms with E-state index in [1.807, 2.05) is 18.0 Å². The highest BCUT2D eigenvalue weighted by Crippen LogP contribution is 2.40. The summed E-state index contributed by atoms with van der Waals surface area (Å²) in [5.74, 6) is 0.963. The number of carbonyl (C=O) groups is 1. The maximum atomic E-state index is 11.1. The molecule has 0 bridgehead atoms. The number of anilines is 1. The Kier molecular flexibility index (Phi) is 4.08. The zero-order chi connectivity index (χ0) is 18.1. The van der Waals surface area contributed by atoms with E-state index in [1.165, 1.54) is 18.3 Å². The summed E-state index contributed by atoms with van der Waals surface area (Å²) < 4.78 is 5.37. The van der Waals surface area contributed by atoms with Gasteiger partial charge in [-0.1, -0.05) is 5.16 Å². The number of nitrogens with zero attached hydrogens (tertiary/aromatic N) is 5. The number of hydrogen-bond donors (Lipinski definition) is 1. The van der Waals surface area contributed by atoms with E-state index in [9.17, 15) is 4.79 Å². The van der Waals surface area contributed by atoms with Crippen molar-refractivity contribution in [3.05, 3.63) is 53.7 Å². The van der Waals surface area contributed by atoms with Gasteiger partial charge < -0.3 is 14.5 Å². The molecule has 1 aliphatic carbocycles. The fraction of sp³-hybridized carbons (Fsp3) is 0.278. The van der Waals surface area contributed by atoms with Crippen LogP contribution in [0.5, 0.6) is 0 Å². The first-order valence-electron chi connectivity index (χ1n) is 8.29. The molecule has 3 heterocycles. The molecule has 1 saturated carbocycles. The number of aromatic nitrogens is 4. The summed E-state index contributed by atoms with van der Waals surface area (Å²) >= 11 is 0. The average molecular weight is 351 g/mol. The lowest BCUT2D eigenvalue weighted by molar-refractivity contribution is 0.0697. The van der Waals surface area contributed by atoms with Crippen molar-refractivity contribution < 1.29 is 14.4 Å².